The molecular formula is C15H13BrClNO6S. The Labute approximate surface area is 157 Å². The molecule has 7 nitrogen and oxygen atoms in total. The van der Waals surface area contributed by atoms with Crippen LogP contribution >= 0.6 is 27.5 Å². The van der Waals surface area contributed by atoms with Gasteiger partial charge in [-0.25, -0.2) is 13.2 Å². The molecule has 0 atom stereocenters. The van der Waals surface area contributed by atoms with Crippen LogP contribution in [0.1, 0.15) is 10.6 Å². The number of halogens is 2. The molecule has 0 N–H and O–H groups in total. The summed E-state index contributed by atoms with van der Waals surface area (Å²) in [4.78, 5) is 12.2. The van der Waals surface area contributed by atoms with Gasteiger partial charge in [0.2, 0.25) is 10.9 Å². The van der Waals surface area contributed by atoms with E-state index in [0.29, 0.717) is 13.2 Å². The van der Waals surface area contributed by atoms with E-state index in [-0.39, 0.29) is 34.7 Å². The number of morpholine rings is 1. The van der Waals surface area contributed by atoms with Crippen molar-refractivity contribution in [1.82, 2.24) is 4.31 Å². The van der Waals surface area contributed by atoms with Gasteiger partial charge in [0.1, 0.15) is 5.75 Å². The summed E-state index contributed by atoms with van der Waals surface area (Å²) in [6.45, 7) is 1.10. The number of carbonyl (C=O) groups is 1. The molecule has 2 heterocycles. The maximum Gasteiger partial charge on any atom is 0.379 e. The lowest BCUT2D eigenvalue weighted by Gasteiger charge is -2.24. The molecule has 0 amide bonds. The molecule has 1 aliphatic heterocycles. The molecule has 0 aliphatic carbocycles. The van der Waals surface area contributed by atoms with Gasteiger partial charge in [0, 0.05) is 17.6 Å². The monoisotopic (exact) mass is 449 g/mol. The number of sulfonamides is 1. The highest BCUT2D eigenvalue weighted by atomic mass is 79.9. The van der Waals surface area contributed by atoms with Crippen LogP contribution in [0.2, 0.25) is 5.02 Å². The highest BCUT2D eigenvalue weighted by molar-refractivity contribution is 9.10. The smallest absolute Gasteiger partial charge is 0.379 e. The zero-order valence-electron chi connectivity index (χ0n) is 12.8. The lowest BCUT2D eigenvalue weighted by Crippen LogP contribution is -2.40. The molecular weight excluding hydrogens is 438 g/mol. The number of furan rings is 1. The maximum atomic E-state index is 12.5. The normalized spacial score (nSPS) is 15.9. The van der Waals surface area contributed by atoms with Crippen LogP contribution in [0, 0.1) is 0 Å². The van der Waals surface area contributed by atoms with E-state index in [1.165, 1.54) is 22.5 Å². The van der Waals surface area contributed by atoms with Crippen molar-refractivity contribution in [3.63, 3.8) is 0 Å². The molecule has 3 rings (SSSR count). The Morgan fingerprint density at radius 1 is 1.20 bits per heavy atom. The number of benzene rings is 1. The fourth-order valence-corrected chi connectivity index (χ4v) is 4.22. The van der Waals surface area contributed by atoms with Crippen molar-refractivity contribution in [1.29, 1.82) is 0 Å². The lowest BCUT2D eigenvalue weighted by atomic mass is 10.3. The summed E-state index contributed by atoms with van der Waals surface area (Å²) >= 11 is 9.23. The van der Waals surface area contributed by atoms with E-state index in [9.17, 15) is 13.2 Å². The molecule has 0 spiro atoms. The maximum absolute atomic E-state index is 12.5. The average molecular weight is 451 g/mol. The molecule has 0 radical (unpaired) electrons. The number of carbonyl (C=O) groups excluding carboxylic acids is 1. The van der Waals surface area contributed by atoms with Crippen LogP contribution in [0.15, 0.2) is 44.3 Å². The Morgan fingerprint density at radius 2 is 1.92 bits per heavy atom. The number of nitrogens with zero attached hydrogens (tertiary/aromatic N) is 1. The van der Waals surface area contributed by atoms with Gasteiger partial charge in [-0.1, -0.05) is 27.5 Å². The Balaban J connectivity index is 1.77. The first-order valence-corrected chi connectivity index (χ1v) is 9.84. The molecule has 10 heteroatoms. The third-order valence-electron chi connectivity index (χ3n) is 3.44. The van der Waals surface area contributed by atoms with Gasteiger partial charge >= 0.3 is 5.97 Å². The first-order valence-electron chi connectivity index (χ1n) is 7.23. The van der Waals surface area contributed by atoms with Crippen LogP contribution in [0.5, 0.6) is 5.75 Å². The highest BCUT2D eigenvalue weighted by Crippen LogP contribution is 2.29. The van der Waals surface area contributed by atoms with Gasteiger partial charge < -0.3 is 13.9 Å². The second-order valence-corrected chi connectivity index (χ2v) is 8.29. The third kappa shape index (κ3) is 4.06. The number of hydrogen-bond acceptors (Lipinski definition) is 6. The standard InChI is InChI=1S/C15H13BrClNO6S/c16-10-1-2-12(11(17)9-10)24-15(19)13-3-4-14(23-13)25(20,21)18-5-7-22-8-6-18/h1-4,9H,5-8H2. The van der Waals surface area contributed by atoms with Crippen molar-refractivity contribution in [2.24, 2.45) is 0 Å². The fourth-order valence-electron chi connectivity index (χ4n) is 2.19. The van der Waals surface area contributed by atoms with Crippen LogP contribution in [-0.2, 0) is 14.8 Å². The molecule has 1 aliphatic rings. The quantitative estimate of drug-likeness (QED) is 0.526. The first kappa shape index (κ1) is 18.4. The van der Waals surface area contributed by atoms with Gasteiger partial charge in [-0.3, -0.25) is 0 Å². The van der Waals surface area contributed by atoms with Gasteiger partial charge in [-0.2, -0.15) is 4.31 Å². The van der Waals surface area contributed by atoms with E-state index in [1.807, 2.05) is 0 Å². The molecule has 134 valence electrons. The van der Waals surface area contributed by atoms with Crippen LogP contribution in [0.25, 0.3) is 0 Å². The summed E-state index contributed by atoms with van der Waals surface area (Å²) in [6.07, 6.45) is 0. The van der Waals surface area contributed by atoms with Crippen molar-refractivity contribution in [2.45, 2.75) is 5.09 Å². The molecule has 0 unspecified atom stereocenters. The van der Waals surface area contributed by atoms with Crippen LogP contribution in [0.4, 0.5) is 0 Å². The zero-order chi connectivity index (χ0) is 18.0. The first-order chi connectivity index (χ1) is 11.9. The number of ether oxygens (including phenoxy) is 2. The van der Waals surface area contributed by atoms with Crippen molar-refractivity contribution < 1.29 is 27.1 Å². The number of rotatable bonds is 4. The van der Waals surface area contributed by atoms with Gasteiger partial charge in [0.15, 0.2) is 0 Å². The van der Waals surface area contributed by atoms with E-state index in [0.717, 1.165) is 4.47 Å². The fraction of sp³-hybridized carbons (Fsp3) is 0.267. The minimum absolute atomic E-state index is 0.142. The topological polar surface area (TPSA) is 86.1 Å². The van der Waals surface area contributed by atoms with Crippen LogP contribution < -0.4 is 4.74 Å². The minimum atomic E-state index is -3.81. The van der Waals surface area contributed by atoms with Crippen molar-refractivity contribution in [3.05, 3.63) is 45.6 Å². The van der Waals surface area contributed by atoms with Crippen molar-refractivity contribution >= 4 is 43.5 Å². The van der Waals surface area contributed by atoms with E-state index < -0.39 is 16.0 Å². The van der Waals surface area contributed by atoms with E-state index >= 15 is 0 Å². The number of hydrogen-bond donors (Lipinski definition) is 0. The summed E-state index contributed by atoms with van der Waals surface area (Å²) in [5, 5.41) is -0.0845. The predicted molar refractivity (Wildman–Crippen MR) is 92.4 cm³/mol. The van der Waals surface area contributed by atoms with E-state index in [2.05, 4.69) is 15.9 Å². The second kappa shape index (κ2) is 7.46. The van der Waals surface area contributed by atoms with E-state index in [1.54, 1.807) is 12.1 Å². The average Bonchev–Trinajstić information content (AvgIpc) is 3.09. The van der Waals surface area contributed by atoms with Crippen molar-refractivity contribution in [2.75, 3.05) is 26.3 Å². The highest BCUT2D eigenvalue weighted by Gasteiger charge is 2.30. The molecule has 1 fully saturated rings. The van der Waals surface area contributed by atoms with Crippen LogP contribution in [0.3, 0.4) is 0 Å². The van der Waals surface area contributed by atoms with Gasteiger partial charge in [-0.15, -0.1) is 0 Å². The third-order valence-corrected chi connectivity index (χ3v) is 6.00. The van der Waals surface area contributed by atoms with Gasteiger partial charge in [0.25, 0.3) is 10.0 Å². The molecule has 1 aromatic carbocycles. The van der Waals surface area contributed by atoms with Gasteiger partial charge in [0.05, 0.1) is 18.2 Å². The predicted octanol–water partition coefficient (Wildman–Crippen LogP) is 2.94. The Kier molecular flexibility index (Phi) is 5.49. The molecule has 25 heavy (non-hydrogen) atoms. The largest absolute Gasteiger partial charge is 0.436 e. The molecule has 0 saturated carbocycles. The Hall–Kier alpha value is -1.39. The lowest BCUT2D eigenvalue weighted by molar-refractivity contribution is 0.0685. The summed E-state index contributed by atoms with van der Waals surface area (Å²) in [5.41, 5.74) is 0. The van der Waals surface area contributed by atoms with E-state index in [4.69, 9.17) is 25.5 Å². The molecule has 1 aromatic heterocycles. The minimum Gasteiger partial charge on any atom is -0.436 e. The molecule has 1 saturated heterocycles. The molecule has 2 aromatic rings. The zero-order valence-corrected chi connectivity index (χ0v) is 15.9. The SMILES string of the molecule is O=C(Oc1ccc(Br)cc1Cl)c1ccc(S(=O)(=O)N2CCOCC2)o1. The Morgan fingerprint density at radius 3 is 2.60 bits per heavy atom. The van der Waals surface area contributed by atoms with Gasteiger partial charge in [-0.05, 0) is 30.3 Å². The van der Waals surface area contributed by atoms with Crippen molar-refractivity contribution in [3.8, 4) is 5.75 Å². The summed E-state index contributed by atoms with van der Waals surface area (Å²) < 4.78 is 42.4. The summed E-state index contributed by atoms with van der Waals surface area (Å²) in [5.74, 6) is -0.928. The number of esters is 1. The second-order valence-electron chi connectivity index (χ2n) is 5.10. The van der Waals surface area contributed by atoms with Crippen LogP contribution in [-0.4, -0.2) is 45.0 Å². The summed E-state index contributed by atoms with van der Waals surface area (Å²) in [6, 6.07) is 7.22. The Bertz CT molecular complexity index is 891. The summed E-state index contributed by atoms with van der Waals surface area (Å²) in [7, 11) is -3.81. The molecule has 0 bridgehead atoms.